The molecule has 0 amide bonds. The summed E-state index contributed by atoms with van der Waals surface area (Å²) in [4.78, 5) is 2.60. The zero-order chi connectivity index (χ0) is 22.6. The highest BCUT2D eigenvalue weighted by Gasteiger charge is 2.33. The van der Waals surface area contributed by atoms with Crippen molar-refractivity contribution in [3.8, 4) is 22.6 Å². The van der Waals surface area contributed by atoms with E-state index in [2.05, 4.69) is 65.4 Å². The van der Waals surface area contributed by atoms with Crippen LogP contribution in [0.4, 0.5) is 0 Å². The summed E-state index contributed by atoms with van der Waals surface area (Å²) in [7, 11) is 1.67. The molecule has 0 atom stereocenters. The highest BCUT2D eigenvalue weighted by molar-refractivity contribution is 5.81. The van der Waals surface area contributed by atoms with E-state index < -0.39 is 0 Å². The predicted molar refractivity (Wildman–Crippen MR) is 133 cm³/mol. The lowest BCUT2D eigenvalue weighted by Crippen LogP contribution is -2.45. The van der Waals surface area contributed by atoms with Crippen LogP contribution in [0.3, 0.4) is 0 Å². The van der Waals surface area contributed by atoms with Gasteiger partial charge in [-0.1, -0.05) is 55.5 Å². The first-order chi connectivity index (χ1) is 16.3. The van der Waals surface area contributed by atoms with Crippen LogP contribution in [0.5, 0.6) is 11.5 Å². The molecule has 0 bridgehead atoms. The fraction of sp³-hybridized carbons (Fsp3) is 0.321. The Morgan fingerprint density at radius 2 is 1.55 bits per heavy atom. The van der Waals surface area contributed by atoms with Crippen LogP contribution < -0.4 is 9.47 Å². The third-order valence-corrected chi connectivity index (χ3v) is 6.48. The van der Waals surface area contributed by atoms with E-state index in [-0.39, 0.29) is 0 Å². The standard InChI is InChI=1S/C28H31N3O2/c1-3-18-33-26-13-12-21(19-27(26)32-2)20-29-31-16-14-30(15-17-31)28-24-10-6-4-8-22(24)23-9-5-7-11-25(23)28/h4-13,19-20,28H,3,14-18H2,1-2H3/b29-20+. The first kappa shape index (κ1) is 21.5. The minimum absolute atomic E-state index is 0.337. The molecule has 3 aromatic carbocycles. The van der Waals surface area contributed by atoms with Crippen LogP contribution in [0, 0.1) is 0 Å². The Labute approximate surface area is 196 Å². The fourth-order valence-corrected chi connectivity index (χ4v) is 4.85. The summed E-state index contributed by atoms with van der Waals surface area (Å²) in [5.41, 5.74) is 6.61. The third kappa shape index (κ3) is 4.33. The van der Waals surface area contributed by atoms with E-state index in [1.165, 1.54) is 22.3 Å². The zero-order valence-electron chi connectivity index (χ0n) is 19.4. The van der Waals surface area contributed by atoms with Crippen LogP contribution in [-0.2, 0) is 0 Å². The van der Waals surface area contributed by atoms with E-state index in [4.69, 9.17) is 14.6 Å². The summed E-state index contributed by atoms with van der Waals surface area (Å²) in [5.74, 6) is 1.53. The Kier molecular flexibility index (Phi) is 6.31. The molecule has 170 valence electrons. The topological polar surface area (TPSA) is 37.3 Å². The predicted octanol–water partition coefficient (Wildman–Crippen LogP) is 5.21. The lowest BCUT2D eigenvalue weighted by Gasteiger charge is -2.37. The summed E-state index contributed by atoms with van der Waals surface area (Å²) in [6.45, 7) is 6.56. The van der Waals surface area contributed by atoms with Crippen molar-refractivity contribution in [1.29, 1.82) is 0 Å². The fourth-order valence-electron chi connectivity index (χ4n) is 4.85. The van der Waals surface area contributed by atoms with Crippen molar-refractivity contribution in [1.82, 2.24) is 9.91 Å². The molecular weight excluding hydrogens is 410 g/mol. The van der Waals surface area contributed by atoms with Gasteiger partial charge in [-0.05, 0) is 52.4 Å². The molecule has 1 heterocycles. The molecule has 1 saturated heterocycles. The minimum Gasteiger partial charge on any atom is -0.493 e. The zero-order valence-corrected chi connectivity index (χ0v) is 19.4. The summed E-state index contributed by atoms with van der Waals surface area (Å²) in [5, 5.41) is 6.92. The van der Waals surface area contributed by atoms with Crippen molar-refractivity contribution in [2.75, 3.05) is 39.9 Å². The van der Waals surface area contributed by atoms with Gasteiger partial charge in [-0.2, -0.15) is 5.10 Å². The van der Waals surface area contributed by atoms with Gasteiger partial charge < -0.3 is 9.47 Å². The first-order valence-corrected chi connectivity index (χ1v) is 11.8. The number of benzene rings is 3. The van der Waals surface area contributed by atoms with Crippen LogP contribution in [0.15, 0.2) is 71.8 Å². The molecule has 5 nitrogen and oxygen atoms in total. The van der Waals surface area contributed by atoms with Gasteiger partial charge in [-0.3, -0.25) is 9.91 Å². The maximum Gasteiger partial charge on any atom is 0.161 e. The van der Waals surface area contributed by atoms with Gasteiger partial charge in [0.1, 0.15) is 0 Å². The van der Waals surface area contributed by atoms with Crippen molar-refractivity contribution >= 4 is 6.21 Å². The van der Waals surface area contributed by atoms with Gasteiger partial charge in [0.2, 0.25) is 0 Å². The Hall–Kier alpha value is -3.31. The first-order valence-electron chi connectivity index (χ1n) is 11.8. The van der Waals surface area contributed by atoms with Crippen molar-refractivity contribution < 1.29 is 9.47 Å². The van der Waals surface area contributed by atoms with E-state index in [1.54, 1.807) is 7.11 Å². The van der Waals surface area contributed by atoms with Gasteiger partial charge in [0.25, 0.3) is 0 Å². The van der Waals surface area contributed by atoms with Gasteiger partial charge in [0.05, 0.1) is 26.0 Å². The molecule has 1 aliphatic carbocycles. The number of hydrazone groups is 1. The molecular formula is C28H31N3O2. The maximum atomic E-state index is 5.75. The molecule has 3 aromatic rings. The van der Waals surface area contributed by atoms with Gasteiger partial charge in [0, 0.05) is 26.2 Å². The smallest absolute Gasteiger partial charge is 0.161 e. The Balaban J connectivity index is 1.25. The second-order valence-electron chi connectivity index (χ2n) is 8.57. The lowest BCUT2D eigenvalue weighted by molar-refractivity contribution is 0.114. The largest absolute Gasteiger partial charge is 0.493 e. The van der Waals surface area contributed by atoms with Crippen LogP contribution in [-0.4, -0.2) is 56.0 Å². The molecule has 1 fully saturated rings. The van der Waals surface area contributed by atoms with Gasteiger partial charge in [0.15, 0.2) is 11.5 Å². The summed E-state index contributed by atoms with van der Waals surface area (Å²) in [6, 6.07) is 24.0. The third-order valence-electron chi connectivity index (χ3n) is 6.48. The Bertz CT molecular complexity index is 1090. The van der Waals surface area contributed by atoms with Crippen molar-refractivity contribution in [2.45, 2.75) is 19.4 Å². The molecule has 0 radical (unpaired) electrons. The molecule has 5 heteroatoms. The molecule has 0 saturated carbocycles. The second kappa shape index (κ2) is 9.67. The van der Waals surface area contributed by atoms with Crippen LogP contribution in [0.25, 0.3) is 11.1 Å². The van der Waals surface area contributed by atoms with Crippen molar-refractivity contribution in [2.24, 2.45) is 5.10 Å². The molecule has 0 unspecified atom stereocenters. The number of fused-ring (bicyclic) bond motifs is 3. The van der Waals surface area contributed by atoms with E-state index in [9.17, 15) is 0 Å². The van der Waals surface area contributed by atoms with Crippen LogP contribution >= 0.6 is 0 Å². The Morgan fingerprint density at radius 3 is 2.18 bits per heavy atom. The minimum atomic E-state index is 0.337. The number of rotatable bonds is 7. The number of ether oxygens (including phenoxy) is 2. The molecule has 0 aromatic heterocycles. The monoisotopic (exact) mass is 441 g/mol. The van der Waals surface area contributed by atoms with E-state index in [1.807, 2.05) is 24.4 Å². The van der Waals surface area contributed by atoms with Crippen LogP contribution in [0.1, 0.15) is 36.1 Å². The quantitative estimate of drug-likeness (QED) is 0.472. The van der Waals surface area contributed by atoms with Crippen LogP contribution in [0.2, 0.25) is 0 Å². The molecule has 5 rings (SSSR count). The van der Waals surface area contributed by atoms with E-state index in [0.29, 0.717) is 12.6 Å². The van der Waals surface area contributed by atoms with Gasteiger partial charge >= 0.3 is 0 Å². The second-order valence-corrected chi connectivity index (χ2v) is 8.57. The van der Waals surface area contributed by atoms with Crippen molar-refractivity contribution in [3.05, 3.63) is 83.4 Å². The number of hydrogen-bond donors (Lipinski definition) is 0. The van der Waals surface area contributed by atoms with Gasteiger partial charge in [-0.15, -0.1) is 0 Å². The average molecular weight is 442 g/mol. The van der Waals surface area contributed by atoms with E-state index >= 15 is 0 Å². The SMILES string of the molecule is CCCOc1ccc(/C=N/N2CCN(C3c4ccccc4-c4ccccc43)CC2)cc1OC. The van der Waals surface area contributed by atoms with E-state index in [0.717, 1.165) is 49.7 Å². The maximum absolute atomic E-state index is 5.75. The molecule has 0 N–H and O–H groups in total. The number of piperazine rings is 1. The lowest BCUT2D eigenvalue weighted by atomic mass is 10.0. The number of methoxy groups -OCH3 is 1. The molecule has 33 heavy (non-hydrogen) atoms. The normalized spacial score (nSPS) is 16.1. The van der Waals surface area contributed by atoms with Gasteiger partial charge in [-0.25, -0.2) is 0 Å². The molecule has 1 aliphatic heterocycles. The Morgan fingerprint density at radius 1 is 0.879 bits per heavy atom. The highest BCUT2D eigenvalue weighted by atomic mass is 16.5. The summed E-state index contributed by atoms with van der Waals surface area (Å²) in [6.07, 6.45) is 2.89. The number of hydrogen-bond acceptors (Lipinski definition) is 5. The molecule has 2 aliphatic rings. The number of nitrogens with zero attached hydrogens (tertiary/aromatic N) is 3. The summed E-state index contributed by atoms with van der Waals surface area (Å²) < 4.78 is 11.2. The molecule has 0 spiro atoms. The highest BCUT2D eigenvalue weighted by Crippen LogP contribution is 2.46. The van der Waals surface area contributed by atoms with Crippen molar-refractivity contribution in [3.63, 3.8) is 0 Å². The summed E-state index contributed by atoms with van der Waals surface area (Å²) >= 11 is 0. The average Bonchev–Trinajstić information content (AvgIpc) is 3.21.